The fraction of sp³-hybridized carbons (Fsp3) is 0.250. The first-order chi connectivity index (χ1) is 12.0. The molecule has 3 aromatic rings. The average Bonchev–Trinajstić information content (AvgIpc) is 3.00. The number of rotatable bonds is 2. The van der Waals surface area contributed by atoms with Gasteiger partial charge in [0.25, 0.3) is 5.91 Å². The molecule has 128 valence electrons. The standard InChI is InChI=1S/C20H18F2N2O/c1-24(20(25)12-6-8-16(21)17(22)10-12)13-7-9-19-15(11-13)14-4-2-3-5-18(14)23-19/h2-6,8,10,13,23H,7,9,11H2,1H3. The number of amides is 1. The van der Waals surface area contributed by atoms with Crippen LogP contribution >= 0.6 is 0 Å². The SMILES string of the molecule is CN(C(=O)c1ccc(F)c(F)c1)C1CCc2[nH]c3ccccc3c2C1. The lowest BCUT2D eigenvalue weighted by Gasteiger charge is -2.31. The van der Waals surface area contributed by atoms with Crippen molar-refractivity contribution in [1.82, 2.24) is 9.88 Å². The Labute approximate surface area is 144 Å². The number of hydrogen-bond acceptors (Lipinski definition) is 1. The molecule has 4 rings (SSSR count). The molecule has 5 heteroatoms. The van der Waals surface area contributed by atoms with Crippen molar-refractivity contribution in [1.29, 1.82) is 0 Å². The Hall–Kier alpha value is -2.69. The fourth-order valence-electron chi connectivity index (χ4n) is 3.68. The summed E-state index contributed by atoms with van der Waals surface area (Å²) in [6.07, 6.45) is 2.46. The predicted octanol–water partition coefficient (Wildman–Crippen LogP) is 4.08. The zero-order chi connectivity index (χ0) is 17.6. The third kappa shape index (κ3) is 2.69. The minimum atomic E-state index is -0.998. The highest BCUT2D eigenvalue weighted by molar-refractivity contribution is 5.94. The molecule has 0 aliphatic heterocycles. The van der Waals surface area contributed by atoms with Gasteiger partial charge in [0.15, 0.2) is 11.6 Å². The number of H-pyrrole nitrogens is 1. The van der Waals surface area contributed by atoms with E-state index in [0.29, 0.717) is 0 Å². The molecule has 1 unspecified atom stereocenters. The summed E-state index contributed by atoms with van der Waals surface area (Å²) in [6.45, 7) is 0. The lowest BCUT2D eigenvalue weighted by molar-refractivity contribution is 0.0718. The molecule has 1 N–H and O–H groups in total. The minimum Gasteiger partial charge on any atom is -0.358 e. The number of benzene rings is 2. The van der Waals surface area contributed by atoms with Gasteiger partial charge < -0.3 is 9.88 Å². The van der Waals surface area contributed by atoms with E-state index < -0.39 is 11.6 Å². The molecule has 1 heterocycles. The molecule has 0 radical (unpaired) electrons. The van der Waals surface area contributed by atoms with Crippen molar-refractivity contribution in [2.45, 2.75) is 25.3 Å². The van der Waals surface area contributed by atoms with Gasteiger partial charge >= 0.3 is 0 Å². The number of likely N-dealkylation sites (N-methyl/N-ethyl adjacent to an activating group) is 1. The lowest BCUT2D eigenvalue weighted by atomic mass is 9.90. The van der Waals surface area contributed by atoms with Crippen LogP contribution in [0.4, 0.5) is 8.78 Å². The Bertz CT molecular complexity index is 963. The number of carbonyl (C=O) groups is 1. The van der Waals surface area contributed by atoms with Crippen LogP contribution in [0.15, 0.2) is 42.5 Å². The van der Waals surface area contributed by atoms with Gasteiger partial charge in [-0.05, 0) is 49.1 Å². The maximum Gasteiger partial charge on any atom is 0.253 e. The van der Waals surface area contributed by atoms with Gasteiger partial charge in [-0.2, -0.15) is 0 Å². The summed E-state index contributed by atoms with van der Waals surface area (Å²) in [7, 11) is 1.73. The molecular formula is C20H18F2N2O. The maximum absolute atomic E-state index is 13.4. The zero-order valence-corrected chi connectivity index (χ0v) is 13.9. The number of fused-ring (bicyclic) bond motifs is 3. The van der Waals surface area contributed by atoms with Crippen LogP contribution in [0.25, 0.3) is 10.9 Å². The van der Waals surface area contributed by atoms with Gasteiger partial charge in [-0.3, -0.25) is 4.79 Å². The predicted molar refractivity (Wildman–Crippen MR) is 92.6 cm³/mol. The van der Waals surface area contributed by atoms with Crippen molar-refractivity contribution in [3.8, 4) is 0 Å². The Morgan fingerprint density at radius 3 is 2.76 bits per heavy atom. The van der Waals surface area contributed by atoms with E-state index in [-0.39, 0.29) is 17.5 Å². The first kappa shape index (κ1) is 15.8. The molecule has 1 atom stereocenters. The summed E-state index contributed by atoms with van der Waals surface area (Å²) >= 11 is 0. The zero-order valence-electron chi connectivity index (χ0n) is 13.9. The first-order valence-electron chi connectivity index (χ1n) is 8.35. The molecule has 2 aromatic carbocycles. The Morgan fingerprint density at radius 1 is 1.16 bits per heavy atom. The van der Waals surface area contributed by atoms with Crippen LogP contribution in [-0.2, 0) is 12.8 Å². The van der Waals surface area contributed by atoms with E-state index in [0.717, 1.165) is 36.9 Å². The molecule has 0 saturated carbocycles. The van der Waals surface area contributed by atoms with E-state index >= 15 is 0 Å². The van der Waals surface area contributed by atoms with Crippen LogP contribution < -0.4 is 0 Å². The van der Waals surface area contributed by atoms with Crippen LogP contribution in [0.5, 0.6) is 0 Å². The number of carbonyl (C=O) groups excluding carboxylic acids is 1. The van der Waals surface area contributed by atoms with Crippen molar-refractivity contribution in [2.24, 2.45) is 0 Å². The first-order valence-corrected chi connectivity index (χ1v) is 8.35. The van der Waals surface area contributed by atoms with Crippen LogP contribution in [0.1, 0.15) is 28.0 Å². The summed E-state index contributed by atoms with van der Waals surface area (Å²) < 4.78 is 26.5. The van der Waals surface area contributed by atoms with Crippen molar-refractivity contribution in [2.75, 3.05) is 7.05 Å². The molecule has 0 spiro atoms. The molecule has 3 nitrogen and oxygen atoms in total. The summed E-state index contributed by atoms with van der Waals surface area (Å²) in [5.41, 5.74) is 3.76. The molecule has 0 fully saturated rings. The van der Waals surface area contributed by atoms with Gasteiger partial charge in [0, 0.05) is 35.2 Å². The van der Waals surface area contributed by atoms with Crippen LogP contribution in [0.2, 0.25) is 0 Å². The number of aromatic nitrogens is 1. The van der Waals surface area contributed by atoms with E-state index in [1.807, 2.05) is 12.1 Å². The highest BCUT2D eigenvalue weighted by atomic mass is 19.2. The molecule has 0 bridgehead atoms. The number of nitrogens with zero attached hydrogens (tertiary/aromatic N) is 1. The second-order valence-electron chi connectivity index (χ2n) is 6.57. The van der Waals surface area contributed by atoms with E-state index in [1.54, 1.807) is 11.9 Å². The molecule has 1 aliphatic carbocycles. The largest absolute Gasteiger partial charge is 0.358 e. The summed E-state index contributed by atoms with van der Waals surface area (Å²) in [6, 6.07) is 11.5. The van der Waals surface area contributed by atoms with Gasteiger partial charge in [0.05, 0.1) is 0 Å². The summed E-state index contributed by atoms with van der Waals surface area (Å²) in [4.78, 5) is 17.8. The van der Waals surface area contributed by atoms with Crippen molar-refractivity contribution in [3.05, 3.63) is 70.9 Å². The number of hydrogen-bond donors (Lipinski definition) is 1. The smallest absolute Gasteiger partial charge is 0.253 e. The van der Waals surface area contributed by atoms with E-state index in [2.05, 4.69) is 17.1 Å². The van der Waals surface area contributed by atoms with Crippen molar-refractivity contribution in [3.63, 3.8) is 0 Å². The second kappa shape index (κ2) is 5.99. The number of halogens is 2. The van der Waals surface area contributed by atoms with Gasteiger partial charge in [0.1, 0.15) is 0 Å². The highest BCUT2D eigenvalue weighted by Crippen LogP contribution is 2.31. The molecule has 1 amide bonds. The normalized spacial score (nSPS) is 16.7. The molecule has 0 saturated heterocycles. The van der Waals surface area contributed by atoms with Crippen LogP contribution in [0.3, 0.4) is 0 Å². The third-order valence-electron chi connectivity index (χ3n) is 5.10. The number of para-hydroxylation sites is 1. The van der Waals surface area contributed by atoms with Gasteiger partial charge in [-0.1, -0.05) is 18.2 Å². The minimum absolute atomic E-state index is 0.0346. The van der Waals surface area contributed by atoms with Crippen molar-refractivity contribution >= 4 is 16.8 Å². The van der Waals surface area contributed by atoms with Crippen LogP contribution in [0, 0.1) is 11.6 Å². The molecular weight excluding hydrogens is 322 g/mol. The fourth-order valence-corrected chi connectivity index (χ4v) is 3.68. The number of aromatic amines is 1. The number of nitrogens with one attached hydrogen (secondary N) is 1. The average molecular weight is 340 g/mol. The third-order valence-corrected chi connectivity index (χ3v) is 5.10. The summed E-state index contributed by atoms with van der Waals surface area (Å²) in [5, 5.41) is 1.19. The van der Waals surface area contributed by atoms with E-state index in [4.69, 9.17) is 0 Å². The van der Waals surface area contributed by atoms with Gasteiger partial charge in [-0.25, -0.2) is 8.78 Å². The molecule has 1 aromatic heterocycles. The Balaban J connectivity index is 1.60. The van der Waals surface area contributed by atoms with E-state index in [9.17, 15) is 13.6 Å². The maximum atomic E-state index is 13.4. The Morgan fingerprint density at radius 2 is 1.96 bits per heavy atom. The number of aryl methyl sites for hydroxylation is 1. The van der Waals surface area contributed by atoms with Gasteiger partial charge in [-0.15, -0.1) is 0 Å². The Kier molecular flexibility index (Phi) is 3.79. The topological polar surface area (TPSA) is 36.1 Å². The van der Waals surface area contributed by atoms with Crippen molar-refractivity contribution < 1.29 is 13.6 Å². The quantitative estimate of drug-likeness (QED) is 0.750. The van der Waals surface area contributed by atoms with Crippen LogP contribution in [-0.4, -0.2) is 28.9 Å². The molecule has 1 aliphatic rings. The summed E-state index contributed by atoms with van der Waals surface area (Å²) in [5.74, 6) is -2.23. The highest BCUT2D eigenvalue weighted by Gasteiger charge is 2.28. The van der Waals surface area contributed by atoms with Gasteiger partial charge in [0.2, 0.25) is 0 Å². The lowest BCUT2D eigenvalue weighted by Crippen LogP contribution is -2.40. The monoisotopic (exact) mass is 340 g/mol. The molecule has 25 heavy (non-hydrogen) atoms. The van der Waals surface area contributed by atoms with E-state index in [1.165, 1.54) is 22.7 Å². The second-order valence-corrected chi connectivity index (χ2v) is 6.57.